The minimum absolute atomic E-state index is 0.0375. The summed E-state index contributed by atoms with van der Waals surface area (Å²) in [7, 11) is 0. The van der Waals surface area contributed by atoms with Crippen LogP contribution in [-0.2, 0) is 19.0 Å². The highest BCUT2D eigenvalue weighted by atomic mass is 19.4. The first kappa shape index (κ1) is 16.6. The van der Waals surface area contributed by atoms with E-state index in [-0.39, 0.29) is 22.9 Å². The fraction of sp³-hybridized carbons (Fsp3) is 0.222. The molecule has 0 fully saturated rings. The number of nitrogens with one attached hydrogen (secondary N) is 1. The Morgan fingerprint density at radius 3 is 2.35 bits per heavy atom. The maximum atomic E-state index is 13.0. The summed E-state index contributed by atoms with van der Waals surface area (Å²) >= 11 is 0. The minimum atomic E-state index is -4.51. The van der Waals surface area contributed by atoms with Crippen LogP contribution in [0.1, 0.15) is 22.7 Å². The molecule has 1 aliphatic rings. The highest BCUT2D eigenvalue weighted by Crippen LogP contribution is 2.33. The highest BCUT2D eigenvalue weighted by Gasteiger charge is 2.31. The van der Waals surface area contributed by atoms with Crippen LogP contribution in [0.4, 0.5) is 19.1 Å². The van der Waals surface area contributed by atoms with Gasteiger partial charge in [-0.15, -0.1) is 0 Å². The molecule has 0 radical (unpaired) electrons. The van der Waals surface area contributed by atoms with Crippen LogP contribution in [0, 0.1) is 0 Å². The maximum Gasteiger partial charge on any atom is 0.416 e. The van der Waals surface area contributed by atoms with E-state index in [0.717, 1.165) is 23.3 Å². The lowest BCUT2D eigenvalue weighted by Crippen LogP contribution is -2.31. The van der Waals surface area contributed by atoms with Crippen LogP contribution in [0.5, 0.6) is 0 Å². The molecule has 5 nitrogen and oxygen atoms in total. The molecule has 1 heterocycles. The largest absolute Gasteiger partial charge is 0.416 e. The average Bonchev–Trinajstić information content (AvgIpc) is 3.03. The molecular weight excluding hydrogens is 345 g/mol. The zero-order chi connectivity index (χ0) is 18.5. The second-order valence-electron chi connectivity index (χ2n) is 6.32. The molecule has 8 heteroatoms. The number of hydrogen-bond donors (Lipinski definition) is 2. The summed E-state index contributed by atoms with van der Waals surface area (Å²) < 4.78 is 40.2. The number of alkyl halides is 3. The molecule has 1 aliphatic carbocycles. The standard InChI is InChI=1S/C18H15F3N4O/c19-18(20,21)12-5-6-14-15(9-12)23-17(24-22)25(16(14)26)13-7-10-3-1-2-4-11(10)8-13/h1-6,9,13H,7-8,22H2,(H,23,24). The normalized spacial score (nSPS) is 14.6. The van der Waals surface area contributed by atoms with Gasteiger partial charge < -0.3 is 0 Å². The predicted molar refractivity (Wildman–Crippen MR) is 91.7 cm³/mol. The number of fused-ring (bicyclic) bond motifs is 2. The van der Waals surface area contributed by atoms with Crippen molar-refractivity contribution in [3.05, 3.63) is 69.5 Å². The molecule has 2 aromatic carbocycles. The zero-order valence-electron chi connectivity index (χ0n) is 13.5. The van der Waals surface area contributed by atoms with Crippen molar-refractivity contribution in [3.63, 3.8) is 0 Å². The van der Waals surface area contributed by atoms with E-state index < -0.39 is 17.3 Å². The van der Waals surface area contributed by atoms with Crippen molar-refractivity contribution in [2.24, 2.45) is 5.84 Å². The molecule has 1 aromatic heterocycles. The molecular formula is C18H15F3N4O. The van der Waals surface area contributed by atoms with E-state index in [2.05, 4.69) is 10.4 Å². The number of nitrogen functional groups attached to an aromatic ring is 1. The number of hydrogen-bond acceptors (Lipinski definition) is 4. The summed E-state index contributed by atoms with van der Waals surface area (Å²) in [6.45, 7) is 0. The van der Waals surface area contributed by atoms with E-state index >= 15 is 0 Å². The molecule has 0 aliphatic heterocycles. The molecule has 0 unspecified atom stereocenters. The van der Waals surface area contributed by atoms with Crippen LogP contribution in [0.15, 0.2) is 47.3 Å². The Bertz CT molecular complexity index is 1030. The van der Waals surface area contributed by atoms with Gasteiger partial charge in [0.05, 0.1) is 16.5 Å². The Balaban J connectivity index is 1.86. The summed E-state index contributed by atoms with van der Waals surface area (Å²) in [6.07, 6.45) is -3.23. The first-order chi connectivity index (χ1) is 12.4. The number of hydrazine groups is 1. The van der Waals surface area contributed by atoms with E-state index in [1.807, 2.05) is 24.3 Å². The zero-order valence-corrected chi connectivity index (χ0v) is 13.5. The lowest BCUT2D eigenvalue weighted by molar-refractivity contribution is -0.137. The molecule has 4 rings (SSSR count). The molecule has 0 spiro atoms. The van der Waals surface area contributed by atoms with E-state index in [4.69, 9.17) is 5.84 Å². The van der Waals surface area contributed by atoms with Gasteiger partial charge in [-0.2, -0.15) is 13.2 Å². The monoisotopic (exact) mass is 360 g/mol. The van der Waals surface area contributed by atoms with Crippen LogP contribution < -0.4 is 16.8 Å². The molecule has 0 saturated carbocycles. The number of halogens is 3. The van der Waals surface area contributed by atoms with E-state index in [1.54, 1.807) is 0 Å². The molecule has 0 amide bonds. The molecule has 0 saturated heterocycles. The lowest BCUT2D eigenvalue weighted by atomic mass is 10.1. The number of anilines is 1. The van der Waals surface area contributed by atoms with Gasteiger partial charge >= 0.3 is 6.18 Å². The number of nitrogens with two attached hydrogens (primary N) is 1. The Labute approximate surface area is 146 Å². The second kappa shape index (κ2) is 5.84. The first-order valence-electron chi connectivity index (χ1n) is 8.05. The maximum absolute atomic E-state index is 13.0. The molecule has 134 valence electrons. The van der Waals surface area contributed by atoms with Gasteiger partial charge in [-0.3, -0.25) is 14.8 Å². The van der Waals surface area contributed by atoms with E-state index in [1.165, 1.54) is 10.6 Å². The van der Waals surface area contributed by atoms with Crippen molar-refractivity contribution >= 4 is 16.9 Å². The third-order valence-corrected chi connectivity index (χ3v) is 4.75. The van der Waals surface area contributed by atoms with Gasteiger partial charge in [0, 0.05) is 6.04 Å². The quantitative estimate of drug-likeness (QED) is 0.544. The van der Waals surface area contributed by atoms with E-state index in [9.17, 15) is 18.0 Å². The highest BCUT2D eigenvalue weighted by molar-refractivity contribution is 5.79. The average molecular weight is 360 g/mol. The third-order valence-electron chi connectivity index (χ3n) is 4.75. The van der Waals surface area contributed by atoms with E-state index in [0.29, 0.717) is 12.8 Å². The van der Waals surface area contributed by atoms with Gasteiger partial charge in [-0.1, -0.05) is 24.3 Å². The molecule has 3 N–H and O–H groups in total. The Kier molecular flexibility index (Phi) is 3.73. The Hall–Kier alpha value is -2.87. The van der Waals surface area contributed by atoms with Crippen molar-refractivity contribution in [2.45, 2.75) is 25.1 Å². The van der Waals surface area contributed by atoms with Crippen molar-refractivity contribution in [1.82, 2.24) is 9.55 Å². The number of rotatable bonds is 2. The fourth-order valence-corrected chi connectivity index (χ4v) is 3.53. The number of benzene rings is 2. The Morgan fingerprint density at radius 2 is 1.77 bits per heavy atom. The number of nitrogens with zero attached hydrogens (tertiary/aromatic N) is 2. The van der Waals surface area contributed by atoms with Gasteiger partial charge in [0.1, 0.15) is 0 Å². The van der Waals surface area contributed by atoms with Gasteiger partial charge in [0.2, 0.25) is 5.95 Å². The topological polar surface area (TPSA) is 72.9 Å². The Morgan fingerprint density at radius 1 is 1.12 bits per heavy atom. The first-order valence-corrected chi connectivity index (χ1v) is 8.05. The summed E-state index contributed by atoms with van der Waals surface area (Å²) in [5, 5.41) is 0.132. The summed E-state index contributed by atoms with van der Waals surface area (Å²) in [5.74, 6) is 5.57. The summed E-state index contributed by atoms with van der Waals surface area (Å²) in [4.78, 5) is 17.1. The molecule has 0 bridgehead atoms. The summed E-state index contributed by atoms with van der Waals surface area (Å²) in [5.41, 5.74) is 3.34. The van der Waals surface area contributed by atoms with Crippen molar-refractivity contribution < 1.29 is 13.2 Å². The van der Waals surface area contributed by atoms with Crippen molar-refractivity contribution in [1.29, 1.82) is 0 Å². The van der Waals surface area contributed by atoms with Crippen LogP contribution >= 0.6 is 0 Å². The van der Waals surface area contributed by atoms with Crippen molar-refractivity contribution in [2.75, 3.05) is 5.43 Å². The minimum Gasteiger partial charge on any atom is -0.294 e. The van der Waals surface area contributed by atoms with Crippen molar-refractivity contribution in [3.8, 4) is 0 Å². The molecule has 0 atom stereocenters. The lowest BCUT2D eigenvalue weighted by Gasteiger charge is -2.18. The van der Waals surface area contributed by atoms with Crippen LogP contribution in [-0.4, -0.2) is 9.55 Å². The fourth-order valence-electron chi connectivity index (χ4n) is 3.53. The molecule has 3 aromatic rings. The number of aromatic nitrogens is 2. The van der Waals surface area contributed by atoms with Gasteiger partial charge in [0.15, 0.2) is 0 Å². The van der Waals surface area contributed by atoms with Gasteiger partial charge in [-0.05, 0) is 42.2 Å². The SMILES string of the molecule is NNc1nc2cc(C(F)(F)F)ccc2c(=O)n1C1Cc2ccccc2C1. The molecule has 26 heavy (non-hydrogen) atoms. The van der Waals surface area contributed by atoms with Crippen LogP contribution in [0.25, 0.3) is 10.9 Å². The van der Waals surface area contributed by atoms with Gasteiger partial charge in [0.25, 0.3) is 5.56 Å². The van der Waals surface area contributed by atoms with Crippen LogP contribution in [0.2, 0.25) is 0 Å². The van der Waals surface area contributed by atoms with Gasteiger partial charge in [-0.25, -0.2) is 10.8 Å². The smallest absolute Gasteiger partial charge is 0.294 e. The predicted octanol–water partition coefficient (Wildman–Crippen LogP) is 3.04. The van der Waals surface area contributed by atoms with Crippen LogP contribution in [0.3, 0.4) is 0 Å². The third kappa shape index (κ3) is 2.62. The summed E-state index contributed by atoms with van der Waals surface area (Å²) in [6, 6.07) is 10.6. The second-order valence-corrected chi connectivity index (χ2v) is 6.32.